The van der Waals surface area contributed by atoms with Crippen LogP contribution in [0.25, 0.3) is 32.2 Å². The lowest BCUT2D eigenvalue weighted by molar-refractivity contribution is 0.0699. The van der Waals surface area contributed by atoms with Crippen molar-refractivity contribution in [1.29, 1.82) is 5.26 Å². The zero-order valence-electron chi connectivity index (χ0n) is 24.0. The van der Waals surface area contributed by atoms with Crippen molar-refractivity contribution < 1.29 is 14.6 Å². The Bertz CT molecular complexity index is 2040. The zero-order chi connectivity index (χ0) is 31.2. The summed E-state index contributed by atoms with van der Waals surface area (Å²) in [5, 5.41) is 25.4. The Hall–Kier alpha value is -4.17. The van der Waals surface area contributed by atoms with Crippen molar-refractivity contribution in [1.82, 2.24) is 14.5 Å². The third kappa shape index (κ3) is 5.89. The highest BCUT2D eigenvalue weighted by Crippen LogP contribution is 2.40. The van der Waals surface area contributed by atoms with Gasteiger partial charge in [-0.1, -0.05) is 23.2 Å². The molecule has 0 fully saturated rings. The molecule has 2 N–H and O–H groups in total. The van der Waals surface area contributed by atoms with E-state index in [2.05, 4.69) is 21.4 Å². The van der Waals surface area contributed by atoms with E-state index in [-0.39, 0.29) is 35.2 Å². The summed E-state index contributed by atoms with van der Waals surface area (Å²) in [6, 6.07) is 10.8. The number of rotatable bonds is 7. The fraction of sp³-hybridized carbons (Fsp3) is 0.258. The van der Waals surface area contributed by atoms with Crippen LogP contribution in [0.4, 0.5) is 5.69 Å². The van der Waals surface area contributed by atoms with Crippen LogP contribution < -0.4 is 15.6 Å². The average molecular weight is 637 g/mol. The monoisotopic (exact) mass is 635 g/mol. The first-order chi connectivity index (χ1) is 20.3. The number of halogens is 2. The average Bonchev–Trinajstić information content (AvgIpc) is 3.35. The van der Waals surface area contributed by atoms with Gasteiger partial charge in [-0.25, -0.2) is 9.78 Å². The number of fused-ring (bicyclic) bond motifs is 2. The van der Waals surface area contributed by atoms with Gasteiger partial charge in [0, 0.05) is 32.8 Å². The van der Waals surface area contributed by atoms with Crippen LogP contribution in [-0.4, -0.2) is 37.8 Å². The third-order valence-corrected chi connectivity index (χ3v) is 8.22. The van der Waals surface area contributed by atoms with E-state index in [4.69, 9.17) is 27.9 Å². The van der Waals surface area contributed by atoms with Crippen LogP contribution in [0, 0.1) is 25.2 Å². The van der Waals surface area contributed by atoms with Crippen LogP contribution in [-0.2, 0) is 6.54 Å². The Kier molecular flexibility index (Phi) is 8.09. The van der Waals surface area contributed by atoms with Crippen molar-refractivity contribution in [3.8, 4) is 22.9 Å². The maximum Gasteiger partial charge on any atom is 0.338 e. The Morgan fingerprint density at radius 1 is 1.16 bits per heavy atom. The summed E-state index contributed by atoms with van der Waals surface area (Å²) in [5.74, 6) is -0.104. The van der Waals surface area contributed by atoms with E-state index >= 15 is 0 Å². The van der Waals surface area contributed by atoms with Gasteiger partial charge in [-0.2, -0.15) is 5.26 Å². The third-order valence-electron chi connectivity index (χ3n) is 6.69. The Morgan fingerprint density at radius 3 is 2.58 bits per heavy atom. The van der Waals surface area contributed by atoms with E-state index in [9.17, 15) is 20.0 Å². The lowest BCUT2D eigenvalue weighted by Gasteiger charge is -2.24. The minimum atomic E-state index is -1.05. The van der Waals surface area contributed by atoms with E-state index < -0.39 is 11.5 Å². The van der Waals surface area contributed by atoms with Crippen LogP contribution in [0.5, 0.6) is 5.75 Å². The molecule has 5 rings (SSSR count). The molecule has 0 amide bonds. The standard InChI is InChI=1S/C31H27Cl2N5O4S/c1-15-10-19(28-27(35-15)21(14-43-28)30(40)41)18-11-17(32)6-7-24(18)42-9-8-38-16(2)36-23-12-22(33)26(37-31(3,4)5)20(13-34)25(23)29(38)39/h6-7,10-12,14,37H,8-9H2,1-5H3,(H,40,41). The van der Waals surface area contributed by atoms with E-state index in [1.807, 2.05) is 26.8 Å². The smallest absolute Gasteiger partial charge is 0.338 e. The topological polar surface area (TPSA) is 130 Å². The number of hydrogen-bond acceptors (Lipinski definition) is 8. The van der Waals surface area contributed by atoms with Gasteiger partial charge in [-0.15, -0.1) is 11.3 Å². The van der Waals surface area contributed by atoms with Crippen LogP contribution in [0.2, 0.25) is 10.0 Å². The number of aromatic nitrogens is 3. The fourth-order valence-electron chi connectivity index (χ4n) is 4.90. The summed E-state index contributed by atoms with van der Waals surface area (Å²) >= 11 is 14.2. The molecule has 0 aliphatic heterocycles. The van der Waals surface area contributed by atoms with E-state index in [0.29, 0.717) is 54.3 Å². The molecule has 0 aliphatic rings. The van der Waals surface area contributed by atoms with Crippen molar-refractivity contribution >= 4 is 67.3 Å². The van der Waals surface area contributed by atoms with Gasteiger partial charge in [0.05, 0.1) is 49.5 Å². The van der Waals surface area contributed by atoms with Gasteiger partial charge in [0.25, 0.3) is 5.56 Å². The predicted octanol–water partition coefficient (Wildman–Crippen LogP) is 7.46. The molecule has 9 nitrogen and oxygen atoms in total. The minimum absolute atomic E-state index is 0.100. The largest absolute Gasteiger partial charge is 0.491 e. The second kappa shape index (κ2) is 11.5. The Balaban J connectivity index is 1.52. The number of nitriles is 1. The molecule has 0 saturated heterocycles. The van der Waals surface area contributed by atoms with Gasteiger partial charge in [0.15, 0.2) is 0 Å². The summed E-state index contributed by atoms with van der Waals surface area (Å²) in [6.45, 7) is 9.56. The molecule has 0 saturated carbocycles. The highest BCUT2D eigenvalue weighted by molar-refractivity contribution is 7.18. The second-order valence-electron chi connectivity index (χ2n) is 11.0. The van der Waals surface area contributed by atoms with Gasteiger partial charge in [-0.3, -0.25) is 14.3 Å². The summed E-state index contributed by atoms with van der Waals surface area (Å²) in [7, 11) is 0. The van der Waals surface area contributed by atoms with Gasteiger partial charge < -0.3 is 15.2 Å². The summed E-state index contributed by atoms with van der Waals surface area (Å²) < 4.78 is 8.37. The van der Waals surface area contributed by atoms with E-state index in [1.165, 1.54) is 15.9 Å². The van der Waals surface area contributed by atoms with E-state index in [0.717, 1.165) is 5.56 Å². The molecule has 5 aromatic rings. The van der Waals surface area contributed by atoms with Gasteiger partial charge in [0.1, 0.15) is 24.3 Å². The van der Waals surface area contributed by atoms with Crippen LogP contribution in [0.1, 0.15) is 48.2 Å². The summed E-state index contributed by atoms with van der Waals surface area (Å²) in [4.78, 5) is 34.6. The van der Waals surface area contributed by atoms with Crippen molar-refractivity contribution in [3.05, 3.63) is 78.8 Å². The molecule has 3 heterocycles. The van der Waals surface area contributed by atoms with E-state index in [1.54, 1.807) is 43.5 Å². The number of aromatic carboxylic acids is 1. The number of ether oxygens (including phenoxy) is 1. The van der Waals surface area contributed by atoms with Gasteiger partial charge in [-0.05, 0) is 65.0 Å². The molecular weight excluding hydrogens is 609 g/mol. The number of benzene rings is 2. The number of carboxylic acid groups (broad SMARTS) is 1. The van der Waals surface area contributed by atoms with Crippen LogP contribution in [0.15, 0.2) is 40.5 Å². The van der Waals surface area contributed by atoms with Crippen molar-refractivity contribution in [2.24, 2.45) is 0 Å². The molecule has 0 radical (unpaired) electrons. The molecule has 220 valence electrons. The molecule has 43 heavy (non-hydrogen) atoms. The molecular formula is C31H27Cl2N5O4S. The minimum Gasteiger partial charge on any atom is -0.491 e. The zero-order valence-corrected chi connectivity index (χ0v) is 26.3. The molecule has 3 aromatic heterocycles. The maximum absolute atomic E-state index is 13.7. The number of aryl methyl sites for hydroxylation is 2. The fourth-order valence-corrected chi connectivity index (χ4v) is 6.33. The lowest BCUT2D eigenvalue weighted by Crippen LogP contribution is -2.29. The first kappa shape index (κ1) is 30.3. The number of thiophene rings is 1. The summed E-state index contributed by atoms with van der Waals surface area (Å²) in [5.41, 5.74) is 2.68. The number of pyridine rings is 1. The molecule has 0 spiro atoms. The normalized spacial score (nSPS) is 11.6. The van der Waals surface area contributed by atoms with Crippen LogP contribution in [0.3, 0.4) is 0 Å². The molecule has 2 aromatic carbocycles. The number of anilines is 1. The maximum atomic E-state index is 13.7. The molecule has 0 unspecified atom stereocenters. The first-order valence-corrected chi connectivity index (χ1v) is 14.9. The highest BCUT2D eigenvalue weighted by atomic mass is 35.5. The molecule has 0 atom stereocenters. The Labute approximate surface area is 261 Å². The number of carboxylic acids is 1. The van der Waals surface area contributed by atoms with Crippen LogP contribution >= 0.6 is 34.5 Å². The second-order valence-corrected chi connectivity index (χ2v) is 12.8. The molecule has 12 heteroatoms. The van der Waals surface area contributed by atoms with Crippen molar-refractivity contribution in [2.75, 3.05) is 11.9 Å². The molecule has 0 aliphatic carbocycles. The SMILES string of the molecule is Cc1cc(-c2cc(Cl)ccc2OCCn2c(C)nc3cc(Cl)c(NC(C)(C)C)c(C#N)c3c2=O)c2scc(C(=O)O)c2n1. The lowest BCUT2D eigenvalue weighted by atomic mass is 10.0. The predicted molar refractivity (Wildman–Crippen MR) is 171 cm³/mol. The highest BCUT2D eigenvalue weighted by Gasteiger charge is 2.23. The quantitative estimate of drug-likeness (QED) is 0.188. The summed E-state index contributed by atoms with van der Waals surface area (Å²) in [6.07, 6.45) is 0. The van der Waals surface area contributed by atoms with Gasteiger partial charge in [0.2, 0.25) is 0 Å². The molecule has 0 bridgehead atoms. The van der Waals surface area contributed by atoms with Gasteiger partial charge >= 0.3 is 5.97 Å². The number of hydrogen-bond donors (Lipinski definition) is 2. The number of nitrogens with zero attached hydrogens (tertiary/aromatic N) is 4. The number of nitrogens with one attached hydrogen (secondary N) is 1. The Morgan fingerprint density at radius 2 is 1.91 bits per heavy atom. The van der Waals surface area contributed by atoms with Crippen molar-refractivity contribution in [2.45, 2.75) is 46.7 Å². The number of carbonyl (C=O) groups is 1. The van der Waals surface area contributed by atoms with Crippen molar-refractivity contribution in [3.63, 3.8) is 0 Å². The first-order valence-electron chi connectivity index (χ1n) is 13.3.